The van der Waals surface area contributed by atoms with Gasteiger partial charge >= 0.3 is 5.97 Å². The van der Waals surface area contributed by atoms with Gasteiger partial charge in [-0.1, -0.05) is 31.2 Å². The molecule has 0 bridgehead atoms. The fourth-order valence-corrected chi connectivity index (χ4v) is 2.80. The van der Waals surface area contributed by atoms with E-state index in [0.717, 1.165) is 17.7 Å². The summed E-state index contributed by atoms with van der Waals surface area (Å²) in [6.45, 7) is 8.48. The minimum absolute atomic E-state index is 0.163. The summed E-state index contributed by atoms with van der Waals surface area (Å²) >= 11 is 0. The lowest BCUT2D eigenvalue weighted by atomic mass is 9.82. The summed E-state index contributed by atoms with van der Waals surface area (Å²) in [5, 5.41) is 0. The summed E-state index contributed by atoms with van der Waals surface area (Å²) in [6, 6.07) is 8.24. The van der Waals surface area contributed by atoms with Gasteiger partial charge in [-0.25, -0.2) is 0 Å². The lowest BCUT2D eigenvalue weighted by molar-refractivity contribution is -0.145. The number of carbonyl (C=O) groups is 1. The number of rotatable bonds is 4. The van der Waals surface area contributed by atoms with Crippen LogP contribution in [0.2, 0.25) is 0 Å². The number of hydrogen-bond donors (Lipinski definition) is 0. The van der Waals surface area contributed by atoms with E-state index in [0.29, 0.717) is 13.0 Å². The molecule has 20 heavy (non-hydrogen) atoms. The van der Waals surface area contributed by atoms with Crippen LogP contribution in [0.15, 0.2) is 29.3 Å². The fourth-order valence-electron chi connectivity index (χ4n) is 2.80. The van der Waals surface area contributed by atoms with Gasteiger partial charge in [-0.2, -0.15) is 0 Å². The van der Waals surface area contributed by atoms with Gasteiger partial charge in [0.15, 0.2) is 0 Å². The third-order valence-corrected chi connectivity index (χ3v) is 3.65. The molecule has 1 atom stereocenters. The molecule has 1 aromatic carbocycles. The summed E-state index contributed by atoms with van der Waals surface area (Å²) in [5.41, 5.74) is 3.10. The highest BCUT2D eigenvalue weighted by molar-refractivity contribution is 6.13. The highest BCUT2D eigenvalue weighted by Gasteiger charge is 2.33. The van der Waals surface area contributed by atoms with Crippen LogP contribution in [-0.4, -0.2) is 23.8 Å². The Hall–Kier alpha value is -1.64. The van der Waals surface area contributed by atoms with Crippen LogP contribution in [0.4, 0.5) is 0 Å². The molecule has 108 valence electrons. The summed E-state index contributed by atoms with van der Waals surface area (Å²) in [5.74, 6) is -0.433. The van der Waals surface area contributed by atoms with Gasteiger partial charge in [0.05, 0.1) is 23.8 Å². The molecule has 1 aliphatic heterocycles. The lowest BCUT2D eigenvalue weighted by Crippen LogP contribution is -2.35. The van der Waals surface area contributed by atoms with Gasteiger partial charge in [-0.3, -0.25) is 9.79 Å². The van der Waals surface area contributed by atoms with E-state index in [4.69, 9.17) is 9.73 Å². The molecule has 0 fully saturated rings. The van der Waals surface area contributed by atoms with Crippen LogP contribution in [0.5, 0.6) is 0 Å². The second kappa shape index (κ2) is 5.78. The monoisotopic (exact) mass is 273 g/mol. The highest BCUT2D eigenvalue weighted by Crippen LogP contribution is 2.30. The Morgan fingerprint density at radius 2 is 2.05 bits per heavy atom. The molecule has 3 heteroatoms. The summed E-state index contributed by atoms with van der Waals surface area (Å²) < 4.78 is 5.21. The molecule has 0 radical (unpaired) electrons. The molecule has 0 aliphatic carbocycles. The zero-order valence-corrected chi connectivity index (χ0v) is 12.8. The van der Waals surface area contributed by atoms with Gasteiger partial charge in [0.2, 0.25) is 0 Å². The van der Waals surface area contributed by atoms with Crippen LogP contribution in [0.3, 0.4) is 0 Å². The van der Waals surface area contributed by atoms with Crippen molar-refractivity contribution in [3.63, 3.8) is 0 Å². The van der Waals surface area contributed by atoms with Gasteiger partial charge in [0.1, 0.15) is 0 Å². The normalized spacial score (nSPS) is 17.9. The number of nitrogens with zero attached hydrogens (tertiary/aromatic N) is 1. The van der Waals surface area contributed by atoms with Crippen LogP contribution in [-0.2, 0) is 16.0 Å². The van der Waals surface area contributed by atoms with Crippen molar-refractivity contribution >= 4 is 11.7 Å². The number of benzene rings is 1. The van der Waals surface area contributed by atoms with E-state index in [1.54, 1.807) is 0 Å². The molecule has 1 heterocycles. The molecule has 1 aromatic rings. The number of aliphatic imine (C=N–C) groups is 1. The number of carbonyl (C=O) groups excluding carboxylic acids is 1. The Bertz CT molecular complexity index is 532. The van der Waals surface area contributed by atoms with Crippen molar-refractivity contribution in [3.8, 4) is 0 Å². The van der Waals surface area contributed by atoms with Crippen LogP contribution in [0.25, 0.3) is 0 Å². The van der Waals surface area contributed by atoms with Crippen molar-refractivity contribution in [2.75, 3.05) is 6.61 Å². The van der Waals surface area contributed by atoms with Crippen molar-refractivity contribution < 1.29 is 9.53 Å². The average molecular weight is 273 g/mol. The van der Waals surface area contributed by atoms with Crippen LogP contribution >= 0.6 is 0 Å². The minimum Gasteiger partial charge on any atom is -0.465 e. The van der Waals surface area contributed by atoms with Crippen molar-refractivity contribution in [1.29, 1.82) is 0 Å². The summed E-state index contributed by atoms with van der Waals surface area (Å²) in [7, 11) is 0. The lowest BCUT2D eigenvalue weighted by Gasteiger charge is -2.31. The molecule has 0 amide bonds. The first-order chi connectivity index (χ1) is 9.48. The van der Waals surface area contributed by atoms with Crippen LogP contribution in [0.1, 0.15) is 45.2 Å². The predicted octanol–water partition coefficient (Wildman–Crippen LogP) is 3.40. The molecule has 0 N–H and O–H groups in total. The number of ether oxygens (including phenoxy) is 1. The molecule has 3 nitrogen and oxygen atoms in total. The van der Waals surface area contributed by atoms with Crippen molar-refractivity contribution in [2.45, 2.75) is 46.1 Å². The van der Waals surface area contributed by atoms with Gasteiger partial charge in [-0.05, 0) is 44.7 Å². The van der Waals surface area contributed by atoms with Gasteiger partial charge in [-0.15, -0.1) is 0 Å². The third-order valence-electron chi connectivity index (χ3n) is 3.65. The first kappa shape index (κ1) is 14.8. The Morgan fingerprint density at radius 3 is 2.70 bits per heavy atom. The summed E-state index contributed by atoms with van der Waals surface area (Å²) in [4.78, 5) is 17.0. The van der Waals surface area contributed by atoms with Gasteiger partial charge in [0, 0.05) is 0 Å². The number of esters is 1. The van der Waals surface area contributed by atoms with E-state index >= 15 is 0 Å². The van der Waals surface area contributed by atoms with E-state index in [2.05, 4.69) is 26.0 Å². The zero-order valence-electron chi connectivity index (χ0n) is 12.8. The molecular formula is C17H23NO2. The maximum atomic E-state index is 12.2. The van der Waals surface area contributed by atoms with E-state index < -0.39 is 0 Å². The van der Waals surface area contributed by atoms with Crippen molar-refractivity contribution in [1.82, 2.24) is 0 Å². The molecule has 1 aliphatic rings. The average Bonchev–Trinajstić information content (AvgIpc) is 2.38. The highest BCUT2D eigenvalue weighted by atomic mass is 16.5. The Morgan fingerprint density at radius 1 is 1.35 bits per heavy atom. The first-order valence-corrected chi connectivity index (χ1v) is 7.33. The third kappa shape index (κ3) is 2.92. The van der Waals surface area contributed by atoms with E-state index in [-0.39, 0.29) is 17.4 Å². The summed E-state index contributed by atoms with van der Waals surface area (Å²) in [6.07, 6.45) is 1.62. The standard InChI is InChI=1S/C17H23NO2/c1-5-13(16(19)20-6-2)15-14-10-8-7-9-12(14)11-17(3,4)18-15/h7-10,13H,5-6,11H2,1-4H3/t13-/m0/s1. The number of fused-ring (bicyclic) bond motifs is 1. The van der Waals surface area contributed by atoms with E-state index in [9.17, 15) is 4.79 Å². The molecule has 0 unspecified atom stereocenters. The van der Waals surface area contributed by atoms with Crippen molar-refractivity contribution in [3.05, 3.63) is 35.4 Å². The Kier molecular flexibility index (Phi) is 4.26. The van der Waals surface area contributed by atoms with Gasteiger partial charge < -0.3 is 4.74 Å². The molecular weight excluding hydrogens is 250 g/mol. The van der Waals surface area contributed by atoms with E-state index in [1.807, 2.05) is 26.0 Å². The maximum absolute atomic E-state index is 12.2. The van der Waals surface area contributed by atoms with Crippen LogP contribution in [0, 0.1) is 5.92 Å². The van der Waals surface area contributed by atoms with E-state index in [1.165, 1.54) is 5.56 Å². The molecule has 2 rings (SSSR count). The van der Waals surface area contributed by atoms with Crippen molar-refractivity contribution in [2.24, 2.45) is 10.9 Å². The number of hydrogen-bond acceptors (Lipinski definition) is 3. The minimum atomic E-state index is -0.268. The predicted molar refractivity (Wildman–Crippen MR) is 81.2 cm³/mol. The zero-order chi connectivity index (χ0) is 14.8. The quantitative estimate of drug-likeness (QED) is 0.789. The SMILES string of the molecule is CCOC(=O)[C@@H](CC)C1=NC(C)(C)Cc2ccccc21. The molecule has 0 saturated heterocycles. The fraction of sp³-hybridized carbons (Fsp3) is 0.529. The van der Waals surface area contributed by atoms with Gasteiger partial charge in [0.25, 0.3) is 0 Å². The Balaban J connectivity index is 2.46. The second-order valence-corrected chi connectivity index (χ2v) is 5.86. The van der Waals surface area contributed by atoms with Crippen LogP contribution < -0.4 is 0 Å². The smallest absolute Gasteiger partial charge is 0.315 e. The largest absolute Gasteiger partial charge is 0.465 e. The molecule has 0 aromatic heterocycles. The first-order valence-electron chi connectivity index (χ1n) is 7.33. The topological polar surface area (TPSA) is 38.7 Å². The second-order valence-electron chi connectivity index (χ2n) is 5.86. The maximum Gasteiger partial charge on any atom is 0.315 e. The molecule has 0 spiro atoms. The Labute approximate surface area is 121 Å². The molecule has 0 saturated carbocycles.